The summed E-state index contributed by atoms with van der Waals surface area (Å²) in [5.41, 5.74) is 0. The second kappa shape index (κ2) is 14.4. The van der Waals surface area contributed by atoms with Gasteiger partial charge in [0.2, 0.25) is 0 Å². The minimum absolute atomic E-state index is 0. The molecule has 0 aliphatic carbocycles. The number of nitrogens with one attached hydrogen (secondary N) is 2. The van der Waals surface area contributed by atoms with Crippen LogP contribution in [0.5, 0.6) is 0 Å². The Labute approximate surface area is 190 Å². The maximum atomic E-state index is 12.3. The molecule has 0 aliphatic heterocycles. The number of ether oxygens (including phenoxy) is 1. The Balaban J connectivity index is 0.00000420. The van der Waals surface area contributed by atoms with Crippen molar-refractivity contribution in [2.24, 2.45) is 4.99 Å². The molecule has 7 nitrogen and oxygen atoms in total. The number of hydrogen-bond acceptors (Lipinski definition) is 5. The highest BCUT2D eigenvalue weighted by atomic mass is 127. The summed E-state index contributed by atoms with van der Waals surface area (Å²) in [7, 11) is -3.25. The van der Waals surface area contributed by atoms with Crippen molar-refractivity contribution in [3.05, 3.63) is 54.5 Å². The van der Waals surface area contributed by atoms with Crippen LogP contribution in [0, 0.1) is 0 Å². The lowest BCUT2D eigenvalue weighted by atomic mass is 10.4. The number of benzene rings is 1. The lowest BCUT2D eigenvalue weighted by Gasteiger charge is -2.11. The third-order valence-corrected chi connectivity index (χ3v) is 5.69. The van der Waals surface area contributed by atoms with Gasteiger partial charge >= 0.3 is 0 Å². The smallest absolute Gasteiger partial charge is 0.191 e. The van der Waals surface area contributed by atoms with E-state index >= 15 is 0 Å². The Morgan fingerprint density at radius 3 is 2.59 bits per heavy atom. The lowest BCUT2D eigenvalue weighted by molar-refractivity contribution is 0.105. The standard InChI is InChI=1S/C20H29N3O4S.HI/c1-2-21-20(22-12-7-14-26-17-18-9-6-15-27-18)23-13-8-16-28(24,25)19-10-4-3-5-11-19;/h3-6,9-11,15H,2,7-8,12-14,16-17H2,1H3,(H2,21,22,23);1H. The summed E-state index contributed by atoms with van der Waals surface area (Å²) in [5.74, 6) is 1.58. The Kier molecular flexibility index (Phi) is 12.6. The third-order valence-electron chi connectivity index (χ3n) is 3.87. The summed E-state index contributed by atoms with van der Waals surface area (Å²) >= 11 is 0. The van der Waals surface area contributed by atoms with Crippen molar-refractivity contribution in [3.8, 4) is 0 Å². The second-order valence-corrected chi connectivity index (χ2v) is 8.27. The third kappa shape index (κ3) is 10.1. The number of furan rings is 1. The van der Waals surface area contributed by atoms with Crippen molar-refractivity contribution in [1.29, 1.82) is 0 Å². The Morgan fingerprint density at radius 1 is 1.10 bits per heavy atom. The molecule has 0 atom stereocenters. The average Bonchev–Trinajstić information content (AvgIpc) is 3.22. The molecule has 1 aromatic carbocycles. The number of aliphatic imine (C=N–C) groups is 1. The lowest BCUT2D eigenvalue weighted by Crippen LogP contribution is -2.38. The fourth-order valence-electron chi connectivity index (χ4n) is 2.48. The van der Waals surface area contributed by atoms with Gasteiger partial charge in [-0.15, -0.1) is 24.0 Å². The molecule has 1 aromatic heterocycles. The van der Waals surface area contributed by atoms with Crippen LogP contribution in [-0.4, -0.2) is 46.4 Å². The molecule has 2 rings (SSSR count). The van der Waals surface area contributed by atoms with Gasteiger partial charge in [0.25, 0.3) is 0 Å². The number of halogens is 1. The van der Waals surface area contributed by atoms with Gasteiger partial charge in [-0.1, -0.05) is 18.2 Å². The highest BCUT2D eigenvalue weighted by molar-refractivity contribution is 14.0. The molecule has 1 heterocycles. The maximum absolute atomic E-state index is 12.3. The predicted molar refractivity (Wildman–Crippen MR) is 125 cm³/mol. The predicted octanol–water partition coefficient (Wildman–Crippen LogP) is 3.22. The van der Waals surface area contributed by atoms with E-state index in [1.54, 1.807) is 36.6 Å². The van der Waals surface area contributed by atoms with Gasteiger partial charge in [0.05, 0.1) is 16.9 Å². The molecule has 29 heavy (non-hydrogen) atoms. The van der Waals surface area contributed by atoms with Crippen molar-refractivity contribution in [3.63, 3.8) is 0 Å². The van der Waals surface area contributed by atoms with E-state index < -0.39 is 9.84 Å². The fourth-order valence-corrected chi connectivity index (χ4v) is 3.80. The molecular weight excluding hydrogens is 505 g/mol. The van der Waals surface area contributed by atoms with Crippen molar-refractivity contribution < 1.29 is 17.6 Å². The number of guanidine groups is 1. The van der Waals surface area contributed by atoms with Crippen molar-refractivity contribution in [1.82, 2.24) is 10.6 Å². The van der Waals surface area contributed by atoms with E-state index in [0.29, 0.717) is 43.6 Å². The summed E-state index contributed by atoms with van der Waals surface area (Å²) < 4.78 is 35.3. The summed E-state index contributed by atoms with van der Waals surface area (Å²) in [6.45, 7) is 4.97. The normalized spacial score (nSPS) is 11.7. The molecule has 9 heteroatoms. The molecule has 0 bridgehead atoms. The molecular formula is C20H30IN3O4S. The van der Waals surface area contributed by atoms with Crippen LogP contribution in [0.4, 0.5) is 0 Å². The molecule has 162 valence electrons. The van der Waals surface area contributed by atoms with Crippen LogP contribution in [0.1, 0.15) is 25.5 Å². The van der Waals surface area contributed by atoms with Crippen LogP contribution in [0.15, 0.2) is 63.0 Å². The molecule has 0 spiro atoms. The van der Waals surface area contributed by atoms with E-state index in [-0.39, 0.29) is 29.7 Å². The fraction of sp³-hybridized carbons (Fsp3) is 0.450. The van der Waals surface area contributed by atoms with Crippen molar-refractivity contribution in [2.45, 2.75) is 31.3 Å². The molecule has 0 amide bonds. The minimum atomic E-state index is -3.25. The SMILES string of the molecule is CCNC(=NCCCS(=O)(=O)c1ccccc1)NCCCOCc1ccco1.I. The Hall–Kier alpha value is -1.59. The molecule has 0 aliphatic rings. The zero-order chi connectivity index (χ0) is 20.1. The zero-order valence-corrected chi connectivity index (χ0v) is 19.8. The van der Waals surface area contributed by atoms with E-state index in [2.05, 4.69) is 15.6 Å². The van der Waals surface area contributed by atoms with Crippen LogP contribution >= 0.6 is 24.0 Å². The van der Waals surface area contributed by atoms with Gasteiger partial charge in [0.1, 0.15) is 12.4 Å². The van der Waals surface area contributed by atoms with Crippen LogP contribution in [-0.2, 0) is 21.2 Å². The van der Waals surface area contributed by atoms with Gasteiger partial charge in [-0.2, -0.15) is 0 Å². The summed E-state index contributed by atoms with van der Waals surface area (Å²) in [6.07, 6.45) is 2.93. The molecule has 0 radical (unpaired) electrons. The molecule has 0 fully saturated rings. The molecule has 0 saturated heterocycles. The van der Waals surface area contributed by atoms with Gasteiger partial charge < -0.3 is 19.8 Å². The summed E-state index contributed by atoms with van der Waals surface area (Å²) in [4.78, 5) is 4.80. The Bertz CT molecular complexity index is 796. The first-order valence-electron chi connectivity index (χ1n) is 9.52. The largest absolute Gasteiger partial charge is 0.467 e. The van der Waals surface area contributed by atoms with Crippen LogP contribution in [0.25, 0.3) is 0 Å². The highest BCUT2D eigenvalue weighted by Gasteiger charge is 2.12. The first-order valence-corrected chi connectivity index (χ1v) is 11.2. The van der Waals surface area contributed by atoms with Crippen LogP contribution < -0.4 is 10.6 Å². The van der Waals surface area contributed by atoms with Crippen LogP contribution in [0.2, 0.25) is 0 Å². The summed E-state index contributed by atoms with van der Waals surface area (Å²) in [6, 6.07) is 12.2. The number of hydrogen-bond donors (Lipinski definition) is 2. The molecule has 0 unspecified atom stereocenters. The first-order chi connectivity index (χ1) is 13.6. The van der Waals surface area contributed by atoms with E-state index in [1.807, 2.05) is 19.1 Å². The van der Waals surface area contributed by atoms with Gasteiger partial charge in [0, 0.05) is 26.2 Å². The highest BCUT2D eigenvalue weighted by Crippen LogP contribution is 2.11. The van der Waals surface area contributed by atoms with Crippen molar-refractivity contribution >= 4 is 39.8 Å². The number of nitrogens with zero attached hydrogens (tertiary/aromatic N) is 1. The summed E-state index contributed by atoms with van der Waals surface area (Å²) in [5, 5.41) is 6.39. The number of rotatable bonds is 12. The average molecular weight is 535 g/mol. The monoisotopic (exact) mass is 535 g/mol. The minimum Gasteiger partial charge on any atom is -0.467 e. The number of sulfone groups is 1. The molecule has 0 saturated carbocycles. The van der Waals surface area contributed by atoms with E-state index in [0.717, 1.165) is 18.7 Å². The quantitative estimate of drug-likeness (QED) is 0.188. The first kappa shape index (κ1) is 25.4. The van der Waals surface area contributed by atoms with Gasteiger partial charge in [-0.25, -0.2) is 8.42 Å². The van der Waals surface area contributed by atoms with E-state index in [4.69, 9.17) is 9.15 Å². The van der Waals surface area contributed by atoms with E-state index in [1.165, 1.54) is 0 Å². The zero-order valence-electron chi connectivity index (χ0n) is 16.7. The van der Waals surface area contributed by atoms with Crippen molar-refractivity contribution in [2.75, 3.05) is 32.0 Å². The van der Waals surface area contributed by atoms with Gasteiger partial charge in [0.15, 0.2) is 15.8 Å². The second-order valence-electron chi connectivity index (χ2n) is 6.16. The van der Waals surface area contributed by atoms with Gasteiger partial charge in [-0.05, 0) is 44.0 Å². The Morgan fingerprint density at radius 2 is 1.90 bits per heavy atom. The molecule has 2 N–H and O–H groups in total. The van der Waals surface area contributed by atoms with Gasteiger partial charge in [-0.3, -0.25) is 4.99 Å². The van der Waals surface area contributed by atoms with Crippen LogP contribution in [0.3, 0.4) is 0 Å². The molecule has 2 aromatic rings. The maximum Gasteiger partial charge on any atom is 0.191 e. The topological polar surface area (TPSA) is 92.9 Å². The van der Waals surface area contributed by atoms with E-state index in [9.17, 15) is 8.42 Å².